The third-order valence-corrected chi connectivity index (χ3v) is 4.50. The first-order valence-corrected chi connectivity index (χ1v) is 8.21. The number of urea groups is 1. The lowest BCUT2D eigenvalue weighted by molar-refractivity contribution is 0.252. The molecule has 0 aliphatic carbocycles. The monoisotopic (exact) mass is 359 g/mol. The van der Waals surface area contributed by atoms with E-state index in [1.165, 1.54) is 0 Å². The van der Waals surface area contributed by atoms with Gasteiger partial charge in [0.15, 0.2) is 0 Å². The normalized spacial score (nSPS) is 10.6. The van der Waals surface area contributed by atoms with Crippen LogP contribution < -0.4 is 10.6 Å². The number of hydrogen-bond donors (Lipinski definition) is 2. The number of rotatable bonds is 4. The number of carbonyl (C=O) groups excluding carboxylic acids is 1. The highest BCUT2D eigenvalue weighted by molar-refractivity contribution is 6.42. The van der Waals surface area contributed by atoms with Crippen LogP contribution in [0.15, 0.2) is 54.9 Å². The summed E-state index contributed by atoms with van der Waals surface area (Å²) in [6, 6.07) is 12.8. The van der Waals surface area contributed by atoms with Crippen LogP contribution in [0.2, 0.25) is 10.0 Å². The van der Waals surface area contributed by atoms with Gasteiger partial charge in [-0.2, -0.15) is 0 Å². The van der Waals surface area contributed by atoms with Gasteiger partial charge in [-0.25, -0.2) is 4.79 Å². The Morgan fingerprint density at radius 3 is 2.79 bits per heavy atom. The van der Waals surface area contributed by atoms with Gasteiger partial charge in [-0.15, -0.1) is 0 Å². The van der Waals surface area contributed by atoms with Crippen LogP contribution in [0.4, 0.5) is 10.5 Å². The molecule has 6 heteroatoms. The topological polar surface area (TPSA) is 54.0 Å². The van der Waals surface area contributed by atoms with Gasteiger partial charge in [-0.05, 0) is 30.2 Å². The third-order valence-electron chi connectivity index (χ3n) is 3.64. The maximum absolute atomic E-state index is 12.1. The van der Waals surface area contributed by atoms with E-state index in [0.29, 0.717) is 23.0 Å². The molecule has 1 heterocycles. The molecule has 4 nitrogen and oxygen atoms in total. The summed E-state index contributed by atoms with van der Waals surface area (Å²) in [5, 5.41) is 8.65. The summed E-state index contributed by atoms with van der Waals surface area (Å²) >= 11 is 12.1. The van der Waals surface area contributed by atoms with Gasteiger partial charge in [-0.1, -0.05) is 47.5 Å². The zero-order valence-corrected chi connectivity index (χ0v) is 14.2. The average Bonchev–Trinajstić information content (AvgIpc) is 2.59. The Balaban J connectivity index is 1.60. The predicted octanol–water partition coefficient (Wildman–Crippen LogP) is 4.91. The number of anilines is 1. The maximum atomic E-state index is 12.1. The average molecular weight is 360 g/mol. The van der Waals surface area contributed by atoms with Crippen molar-refractivity contribution in [3.8, 4) is 0 Å². The van der Waals surface area contributed by atoms with Crippen molar-refractivity contribution in [1.29, 1.82) is 0 Å². The van der Waals surface area contributed by atoms with E-state index in [9.17, 15) is 4.79 Å². The first-order chi connectivity index (χ1) is 11.6. The largest absolute Gasteiger partial charge is 0.338 e. The lowest BCUT2D eigenvalue weighted by Gasteiger charge is -2.10. The molecule has 0 saturated carbocycles. The van der Waals surface area contributed by atoms with Crippen LogP contribution in [-0.2, 0) is 6.42 Å². The Bertz CT molecular complexity index is 878. The van der Waals surface area contributed by atoms with E-state index in [4.69, 9.17) is 23.2 Å². The molecule has 2 aromatic carbocycles. The molecule has 0 saturated heterocycles. The number of benzene rings is 2. The second-order valence-corrected chi connectivity index (χ2v) is 6.03. The van der Waals surface area contributed by atoms with E-state index in [1.807, 2.05) is 36.4 Å². The molecule has 0 bridgehead atoms. The second kappa shape index (κ2) is 7.51. The van der Waals surface area contributed by atoms with Gasteiger partial charge >= 0.3 is 6.03 Å². The van der Waals surface area contributed by atoms with Crippen molar-refractivity contribution in [2.24, 2.45) is 0 Å². The fourth-order valence-corrected chi connectivity index (χ4v) is 2.86. The number of nitrogens with zero attached hydrogens (tertiary/aromatic N) is 1. The highest BCUT2D eigenvalue weighted by atomic mass is 35.5. The molecular weight excluding hydrogens is 345 g/mol. The molecule has 0 aliphatic rings. The van der Waals surface area contributed by atoms with E-state index >= 15 is 0 Å². The number of nitrogens with one attached hydrogen (secondary N) is 2. The molecule has 122 valence electrons. The molecule has 0 radical (unpaired) electrons. The van der Waals surface area contributed by atoms with Crippen molar-refractivity contribution in [2.75, 3.05) is 11.9 Å². The predicted molar refractivity (Wildman–Crippen MR) is 98.9 cm³/mol. The van der Waals surface area contributed by atoms with E-state index in [0.717, 1.165) is 22.0 Å². The minimum Gasteiger partial charge on any atom is -0.338 e. The zero-order chi connectivity index (χ0) is 16.9. The molecule has 2 amide bonds. The van der Waals surface area contributed by atoms with Crippen molar-refractivity contribution in [3.05, 3.63) is 70.5 Å². The molecule has 1 aromatic heterocycles. The first-order valence-electron chi connectivity index (χ1n) is 7.45. The Labute approximate surface area is 149 Å². The first kappa shape index (κ1) is 16.6. The fourth-order valence-electron chi connectivity index (χ4n) is 2.45. The number of fused-ring (bicyclic) bond motifs is 1. The number of hydrogen-bond acceptors (Lipinski definition) is 2. The number of aromatic nitrogens is 1. The molecule has 0 aliphatic heterocycles. The van der Waals surface area contributed by atoms with Crippen LogP contribution in [0.5, 0.6) is 0 Å². The Morgan fingerprint density at radius 2 is 1.92 bits per heavy atom. The summed E-state index contributed by atoms with van der Waals surface area (Å²) in [5.74, 6) is 0. The highest BCUT2D eigenvalue weighted by Gasteiger charge is 2.07. The van der Waals surface area contributed by atoms with Crippen molar-refractivity contribution in [1.82, 2.24) is 10.3 Å². The molecule has 2 N–H and O–H groups in total. The number of carbonyl (C=O) groups is 1. The van der Waals surface area contributed by atoms with Gasteiger partial charge in [0.25, 0.3) is 0 Å². The van der Waals surface area contributed by atoms with Gasteiger partial charge in [0.2, 0.25) is 0 Å². The second-order valence-electron chi connectivity index (χ2n) is 5.25. The van der Waals surface area contributed by atoms with Gasteiger partial charge < -0.3 is 10.6 Å². The minimum absolute atomic E-state index is 0.266. The van der Waals surface area contributed by atoms with Gasteiger partial charge in [0, 0.05) is 29.7 Å². The summed E-state index contributed by atoms with van der Waals surface area (Å²) in [4.78, 5) is 16.2. The highest BCUT2D eigenvalue weighted by Crippen LogP contribution is 2.25. The Hall–Kier alpha value is -2.30. The van der Waals surface area contributed by atoms with Crippen LogP contribution in [-0.4, -0.2) is 17.6 Å². The lowest BCUT2D eigenvalue weighted by atomic mass is 10.1. The van der Waals surface area contributed by atoms with E-state index in [2.05, 4.69) is 15.6 Å². The molecule has 24 heavy (non-hydrogen) atoms. The van der Waals surface area contributed by atoms with Crippen molar-refractivity contribution in [2.45, 2.75) is 6.42 Å². The number of halogens is 2. The van der Waals surface area contributed by atoms with Crippen LogP contribution in [0, 0.1) is 0 Å². The smallest absolute Gasteiger partial charge is 0.319 e. The summed E-state index contributed by atoms with van der Waals surface area (Å²) in [6.07, 6.45) is 4.07. The summed E-state index contributed by atoms with van der Waals surface area (Å²) < 4.78 is 0. The van der Waals surface area contributed by atoms with Crippen molar-refractivity contribution < 1.29 is 4.79 Å². The van der Waals surface area contributed by atoms with E-state index in [1.54, 1.807) is 18.5 Å². The van der Waals surface area contributed by atoms with Crippen LogP contribution in [0.1, 0.15) is 5.56 Å². The molecule has 0 spiro atoms. The summed E-state index contributed by atoms with van der Waals surface area (Å²) in [6.45, 7) is 0.457. The van der Waals surface area contributed by atoms with Crippen molar-refractivity contribution in [3.63, 3.8) is 0 Å². The third kappa shape index (κ3) is 3.78. The van der Waals surface area contributed by atoms with Gasteiger partial charge in [-0.3, -0.25) is 4.98 Å². The molecule has 0 unspecified atom stereocenters. The van der Waals surface area contributed by atoms with Crippen LogP contribution in [0.25, 0.3) is 10.8 Å². The molecule has 3 rings (SSSR count). The summed E-state index contributed by atoms with van der Waals surface area (Å²) in [7, 11) is 0. The number of pyridine rings is 1. The van der Waals surface area contributed by atoms with Gasteiger partial charge in [0.05, 0.1) is 15.7 Å². The molecular formula is C18H15Cl2N3O. The van der Waals surface area contributed by atoms with E-state index in [-0.39, 0.29) is 6.03 Å². The summed E-state index contributed by atoms with van der Waals surface area (Å²) in [5.41, 5.74) is 1.65. The fraction of sp³-hybridized carbons (Fsp3) is 0.111. The molecule has 0 atom stereocenters. The Morgan fingerprint density at radius 1 is 1.08 bits per heavy atom. The van der Waals surface area contributed by atoms with E-state index < -0.39 is 0 Å². The van der Waals surface area contributed by atoms with Crippen molar-refractivity contribution >= 4 is 45.7 Å². The van der Waals surface area contributed by atoms with Gasteiger partial charge in [0.1, 0.15) is 0 Å². The SMILES string of the molecule is O=C(NCCc1cccc(Cl)c1Cl)Nc1cccc2cnccc12. The van der Waals surface area contributed by atoms with Crippen LogP contribution >= 0.6 is 23.2 Å². The Kier molecular flexibility index (Phi) is 5.18. The number of amides is 2. The quantitative estimate of drug-likeness (QED) is 0.695. The maximum Gasteiger partial charge on any atom is 0.319 e. The molecule has 3 aromatic rings. The molecule has 0 fully saturated rings. The minimum atomic E-state index is -0.266. The standard InChI is InChI=1S/C18H15Cl2N3O/c19-15-5-1-3-12(17(15)20)7-10-22-18(24)23-16-6-2-4-13-11-21-9-8-14(13)16/h1-6,8-9,11H,7,10H2,(H2,22,23,24). The van der Waals surface area contributed by atoms with Crippen LogP contribution in [0.3, 0.4) is 0 Å². The zero-order valence-electron chi connectivity index (χ0n) is 12.7. The lowest BCUT2D eigenvalue weighted by Crippen LogP contribution is -2.30.